The fraction of sp³-hybridized carbons (Fsp3) is 0.417. The highest BCUT2D eigenvalue weighted by atomic mass is 16.5. The normalized spacial score (nSPS) is 17.3. The van der Waals surface area contributed by atoms with Crippen molar-refractivity contribution in [3.05, 3.63) is 77.4 Å². The molecule has 1 saturated heterocycles. The molecule has 4 rings (SSSR count). The third-order valence-corrected chi connectivity index (χ3v) is 5.46. The van der Waals surface area contributed by atoms with Crippen LogP contribution in [0, 0.1) is 12.8 Å². The lowest BCUT2D eigenvalue weighted by atomic mass is 9.99. The number of ether oxygens (including phenoxy) is 1. The van der Waals surface area contributed by atoms with Gasteiger partial charge >= 0.3 is 0 Å². The molecule has 0 radical (unpaired) electrons. The molecule has 2 heterocycles. The highest BCUT2D eigenvalue weighted by Gasteiger charge is 2.22. The second-order valence-corrected chi connectivity index (χ2v) is 7.96. The third kappa shape index (κ3) is 5.91. The lowest BCUT2D eigenvalue weighted by Gasteiger charge is -2.31. The Kier molecular flexibility index (Phi) is 6.57. The number of aromatic nitrogens is 2. The second-order valence-electron chi connectivity index (χ2n) is 7.96. The molecule has 0 bridgehead atoms. The van der Waals surface area contributed by atoms with Crippen molar-refractivity contribution in [1.29, 1.82) is 0 Å². The topological polar surface area (TPSA) is 51.4 Å². The van der Waals surface area contributed by atoms with E-state index in [4.69, 9.17) is 9.26 Å². The van der Waals surface area contributed by atoms with Crippen LogP contribution in [0.4, 0.5) is 0 Å². The molecule has 1 atom stereocenters. The highest BCUT2D eigenvalue weighted by molar-refractivity contribution is 5.26. The quantitative estimate of drug-likeness (QED) is 0.568. The first-order chi connectivity index (χ1) is 14.2. The van der Waals surface area contributed by atoms with Crippen LogP contribution in [0.1, 0.15) is 35.7 Å². The number of piperidine rings is 1. The summed E-state index contributed by atoms with van der Waals surface area (Å²) in [5.74, 6) is 2.99. The Balaban J connectivity index is 1.24. The van der Waals surface area contributed by atoms with E-state index in [1.54, 1.807) is 0 Å². The van der Waals surface area contributed by atoms with Crippen molar-refractivity contribution in [1.82, 2.24) is 15.0 Å². The van der Waals surface area contributed by atoms with Gasteiger partial charge in [0.2, 0.25) is 5.89 Å². The Labute approximate surface area is 172 Å². The first-order valence-electron chi connectivity index (χ1n) is 10.5. The molecule has 2 aromatic carbocycles. The summed E-state index contributed by atoms with van der Waals surface area (Å²) in [4.78, 5) is 7.00. The average molecular weight is 392 g/mol. The van der Waals surface area contributed by atoms with Gasteiger partial charge in [0, 0.05) is 18.9 Å². The van der Waals surface area contributed by atoms with E-state index in [9.17, 15) is 0 Å². The zero-order valence-electron chi connectivity index (χ0n) is 17.1. The zero-order chi connectivity index (χ0) is 19.9. The standard InChI is InChI=1S/C24H29N3O2/c1-19-9-12-22(13-10-19)28-18-21-8-5-15-27(16-21)17-24-25-23(26-29-24)14-11-20-6-3-2-4-7-20/h2-4,6-7,9-10,12-13,21H,5,8,11,14-18H2,1H3. The number of aryl methyl sites for hydroxylation is 3. The summed E-state index contributed by atoms with van der Waals surface area (Å²) in [5, 5.41) is 4.16. The minimum Gasteiger partial charge on any atom is -0.493 e. The number of rotatable bonds is 8. The number of hydrogen-bond acceptors (Lipinski definition) is 5. The average Bonchev–Trinajstić information content (AvgIpc) is 3.20. The van der Waals surface area contributed by atoms with Crippen LogP contribution < -0.4 is 4.74 Å². The van der Waals surface area contributed by atoms with Crippen molar-refractivity contribution >= 4 is 0 Å². The summed E-state index contributed by atoms with van der Waals surface area (Å²) in [6, 6.07) is 18.7. The van der Waals surface area contributed by atoms with Crippen LogP contribution in [0.25, 0.3) is 0 Å². The smallest absolute Gasteiger partial charge is 0.240 e. The summed E-state index contributed by atoms with van der Waals surface area (Å²) in [5.41, 5.74) is 2.55. The Bertz CT molecular complexity index is 877. The van der Waals surface area contributed by atoms with Crippen LogP contribution in [0.2, 0.25) is 0 Å². The van der Waals surface area contributed by atoms with Gasteiger partial charge in [0.25, 0.3) is 0 Å². The Morgan fingerprint density at radius 2 is 1.90 bits per heavy atom. The third-order valence-electron chi connectivity index (χ3n) is 5.46. The SMILES string of the molecule is Cc1ccc(OCC2CCCN(Cc3nc(CCc4ccccc4)no3)C2)cc1. The molecule has 1 aliphatic heterocycles. The fourth-order valence-corrected chi connectivity index (χ4v) is 3.83. The van der Waals surface area contributed by atoms with Gasteiger partial charge in [-0.05, 0) is 50.4 Å². The number of hydrogen-bond donors (Lipinski definition) is 0. The molecule has 5 nitrogen and oxygen atoms in total. The Morgan fingerprint density at radius 1 is 1.07 bits per heavy atom. The second kappa shape index (κ2) is 9.70. The van der Waals surface area contributed by atoms with Crippen molar-refractivity contribution in [2.45, 2.75) is 39.2 Å². The van der Waals surface area contributed by atoms with Crippen LogP contribution in [-0.2, 0) is 19.4 Å². The maximum Gasteiger partial charge on any atom is 0.240 e. The van der Waals surface area contributed by atoms with Gasteiger partial charge in [0.1, 0.15) is 5.75 Å². The van der Waals surface area contributed by atoms with E-state index in [1.165, 1.54) is 24.0 Å². The largest absolute Gasteiger partial charge is 0.493 e. The van der Waals surface area contributed by atoms with Gasteiger partial charge in [-0.15, -0.1) is 0 Å². The maximum absolute atomic E-state index is 6.00. The number of likely N-dealkylation sites (tertiary alicyclic amines) is 1. The molecule has 0 saturated carbocycles. The van der Waals surface area contributed by atoms with Crippen molar-refractivity contribution < 1.29 is 9.26 Å². The van der Waals surface area contributed by atoms with E-state index in [2.05, 4.69) is 58.4 Å². The van der Waals surface area contributed by atoms with Gasteiger partial charge in [0.15, 0.2) is 5.82 Å². The number of nitrogens with zero attached hydrogens (tertiary/aromatic N) is 3. The van der Waals surface area contributed by atoms with Gasteiger partial charge in [-0.3, -0.25) is 4.90 Å². The minimum atomic E-state index is 0.533. The zero-order valence-corrected chi connectivity index (χ0v) is 17.1. The van der Waals surface area contributed by atoms with Gasteiger partial charge in [-0.25, -0.2) is 0 Å². The van der Waals surface area contributed by atoms with Gasteiger partial charge < -0.3 is 9.26 Å². The number of benzene rings is 2. The van der Waals surface area contributed by atoms with E-state index >= 15 is 0 Å². The first kappa shape index (κ1) is 19.6. The van der Waals surface area contributed by atoms with Crippen molar-refractivity contribution in [3.63, 3.8) is 0 Å². The fourth-order valence-electron chi connectivity index (χ4n) is 3.83. The molecule has 5 heteroatoms. The predicted octanol–water partition coefficient (Wildman–Crippen LogP) is 4.45. The first-order valence-corrected chi connectivity index (χ1v) is 10.5. The van der Waals surface area contributed by atoms with E-state index in [0.29, 0.717) is 11.8 Å². The molecule has 152 valence electrons. The molecular formula is C24H29N3O2. The van der Waals surface area contributed by atoms with E-state index in [0.717, 1.165) is 50.7 Å². The lowest BCUT2D eigenvalue weighted by Crippen LogP contribution is -2.37. The molecular weight excluding hydrogens is 362 g/mol. The Hall–Kier alpha value is -2.66. The molecule has 1 unspecified atom stereocenters. The van der Waals surface area contributed by atoms with Gasteiger partial charge in [0.05, 0.1) is 13.2 Å². The molecule has 0 N–H and O–H groups in total. The van der Waals surface area contributed by atoms with Gasteiger partial charge in [-0.1, -0.05) is 53.2 Å². The summed E-state index contributed by atoms with van der Waals surface area (Å²) < 4.78 is 11.5. The van der Waals surface area contributed by atoms with Crippen molar-refractivity contribution in [2.24, 2.45) is 5.92 Å². The molecule has 0 spiro atoms. The molecule has 29 heavy (non-hydrogen) atoms. The summed E-state index contributed by atoms with van der Waals surface area (Å²) >= 11 is 0. The highest BCUT2D eigenvalue weighted by Crippen LogP contribution is 2.20. The van der Waals surface area contributed by atoms with Crippen molar-refractivity contribution in [3.8, 4) is 5.75 Å². The van der Waals surface area contributed by atoms with E-state index < -0.39 is 0 Å². The van der Waals surface area contributed by atoms with Gasteiger partial charge in [-0.2, -0.15) is 4.98 Å². The molecule has 1 fully saturated rings. The van der Waals surface area contributed by atoms with Crippen molar-refractivity contribution in [2.75, 3.05) is 19.7 Å². The van der Waals surface area contributed by atoms with E-state index in [-0.39, 0.29) is 0 Å². The van der Waals surface area contributed by atoms with Crippen LogP contribution in [0.5, 0.6) is 5.75 Å². The molecule has 1 aliphatic rings. The Morgan fingerprint density at radius 3 is 2.72 bits per heavy atom. The molecule has 3 aromatic rings. The van der Waals surface area contributed by atoms with Crippen LogP contribution in [0.15, 0.2) is 59.1 Å². The lowest BCUT2D eigenvalue weighted by molar-refractivity contribution is 0.115. The van der Waals surface area contributed by atoms with Crippen LogP contribution >= 0.6 is 0 Å². The predicted molar refractivity (Wildman–Crippen MR) is 113 cm³/mol. The summed E-state index contributed by atoms with van der Waals surface area (Å²) in [6.07, 6.45) is 4.12. The summed E-state index contributed by atoms with van der Waals surface area (Å²) in [6.45, 7) is 5.65. The maximum atomic E-state index is 6.00. The van der Waals surface area contributed by atoms with Crippen LogP contribution in [-0.4, -0.2) is 34.7 Å². The monoisotopic (exact) mass is 391 g/mol. The summed E-state index contributed by atoms with van der Waals surface area (Å²) in [7, 11) is 0. The molecule has 0 aliphatic carbocycles. The molecule has 0 amide bonds. The minimum absolute atomic E-state index is 0.533. The van der Waals surface area contributed by atoms with Crippen LogP contribution in [0.3, 0.4) is 0 Å². The van der Waals surface area contributed by atoms with E-state index in [1.807, 2.05) is 18.2 Å². The molecule has 1 aromatic heterocycles.